The number of hydrogen-bond acceptors (Lipinski definition) is 4. The zero-order valence-electron chi connectivity index (χ0n) is 8.73. The molecule has 2 rings (SSSR count). The van der Waals surface area contributed by atoms with Crippen molar-refractivity contribution < 1.29 is 4.79 Å². The lowest BCUT2D eigenvalue weighted by atomic mass is 10.3. The fraction of sp³-hybridized carbons (Fsp3) is 0.500. The molecule has 0 aromatic carbocycles. The van der Waals surface area contributed by atoms with Crippen LogP contribution in [0.15, 0.2) is 12.4 Å². The van der Waals surface area contributed by atoms with Gasteiger partial charge in [-0.1, -0.05) is 0 Å². The third-order valence-electron chi connectivity index (χ3n) is 2.38. The zero-order chi connectivity index (χ0) is 10.7. The minimum absolute atomic E-state index is 0.0206. The standard InChI is InChI=1S/C10H14N4O/c1-8-6-12-7-9(13-8)10(15)14-4-2-11-3-5-14/h6-7,11H,2-5H2,1H3. The normalized spacial score (nSPS) is 16.5. The highest BCUT2D eigenvalue weighted by molar-refractivity contribution is 5.92. The van der Waals surface area contributed by atoms with E-state index in [4.69, 9.17) is 0 Å². The predicted octanol–water partition coefficient (Wildman–Crippen LogP) is -0.170. The Hall–Kier alpha value is -1.49. The van der Waals surface area contributed by atoms with Crippen LogP contribution in [0.5, 0.6) is 0 Å². The van der Waals surface area contributed by atoms with Crippen LogP contribution in [0, 0.1) is 6.92 Å². The lowest BCUT2D eigenvalue weighted by molar-refractivity contribution is 0.0729. The molecule has 5 nitrogen and oxygen atoms in total. The van der Waals surface area contributed by atoms with Crippen molar-refractivity contribution in [2.75, 3.05) is 26.2 Å². The maximum Gasteiger partial charge on any atom is 0.274 e. The molecule has 80 valence electrons. The summed E-state index contributed by atoms with van der Waals surface area (Å²) in [5, 5.41) is 3.20. The molecule has 15 heavy (non-hydrogen) atoms. The number of nitrogens with one attached hydrogen (secondary N) is 1. The van der Waals surface area contributed by atoms with E-state index >= 15 is 0 Å². The van der Waals surface area contributed by atoms with Crippen molar-refractivity contribution in [3.63, 3.8) is 0 Å². The first kappa shape index (κ1) is 10.0. The second kappa shape index (κ2) is 4.35. The van der Waals surface area contributed by atoms with Crippen LogP contribution in [0.4, 0.5) is 0 Å². The van der Waals surface area contributed by atoms with E-state index in [1.165, 1.54) is 6.20 Å². The summed E-state index contributed by atoms with van der Waals surface area (Å²) >= 11 is 0. The van der Waals surface area contributed by atoms with Crippen molar-refractivity contribution in [1.29, 1.82) is 0 Å². The summed E-state index contributed by atoms with van der Waals surface area (Å²) in [5.74, 6) is -0.0206. The van der Waals surface area contributed by atoms with Gasteiger partial charge in [-0.3, -0.25) is 9.78 Å². The van der Waals surface area contributed by atoms with Gasteiger partial charge in [-0.25, -0.2) is 4.98 Å². The van der Waals surface area contributed by atoms with Crippen molar-refractivity contribution in [2.24, 2.45) is 0 Å². The smallest absolute Gasteiger partial charge is 0.274 e. The maximum atomic E-state index is 11.9. The van der Waals surface area contributed by atoms with E-state index in [9.17, 15) is 4.79 Å². The van der Waals surface area contributed by atoms with Gasteiger partial charge in [0.1, 0.15) is 5.69 Å². The topological polar surface area (TPSA) is 58.1 Å². The molecule has 1 aromatic rings. The average Bonchev–Trinajstić information content (AvgIpc) is 2.29. The Morgan fingerprint density at radius 2 is 2.13 bits per heavy atom. The number of rotatable bonds is 1. The Kier molecular flexibility index (Phi) is 2.91. The number of aryl methyl sites for hydroxylation is 1. The van der Waals surface area contributed by atoms with Gasteiger partial charge < -0.3 is 10.2 Å². The highest BCUT2D eigenvalue weighted by Gasteiger charge is 2.18. The number of carbonyl (C=O) groups excluding carboxylic acids is 1. The van der Waals surface area contributed by atoms with Crippen LogP contribution >= 0.6 is 0 Å². The Labute approximate surface area is 88.5 Å². The third-order valence-corrected chi connectivity index (χ3v) is 2.38. The van der Waals surface area contributed by atoms with Crippen molar-refractivity contribution in [3.05, 3.63) is 23.8 Å². The molecule has 1 fully saturated rings. The molecule has 0 radical (unpaired) electrons. The van der Waals surface area contributed by atoms with Crippen LogP contribution in [0.25, 0.3) is 0 Å². The van der Waals surface area contributed by atoms with Crippen LogP contribution < -0.4 is 5.32 Å². The zero-order valence-corrected chi connectivity index (χ0v) is 8.73. The molecule has 2 heterocycles. The molecular formula is C10H14N4O. The Bertz CT molecular complexity index is 360. The molecule has 0 unspecified atom stereocenters. The van der Waals surface area contributed by atoms with Gasteiger partial charge in [0.05, 0.1) is 11.9 Å². The Morgan fingerprint density at radius 3 is 2.80 bits per heavy atom. The van der Waals surface area contributed by atoms with Gasteiger partial charge in [-0.05, 0) is 6.92 Å². The number of piperazine rings is 1. The summed E-state index contributed by atoms with van der Waals surface area (Å²) in [5.41, 5.74) is 1.22. The molecule has 1 aromatic heterocycles. The molecule has 0 atom stereocenters. The summed E-state index contributed by atoms with van der Waals surface area (Å²) in [6, 6.07) is 0. The molecule has 1 aliphatic rings. The fourth-order valence-electron chi connectivity index (χ4n) is 1.60. The molecule has 1 saturated heterocycles. The van der Waals surface area contributed by atoms with E-state index in [1.807, 2.05) is 6.92 Å². The number of nitrogens with zero attached hydrogens (tertiary/aromatic N) is 3. The van der Waals surface area contributed by atoms with Gasteiger partial charge in [0, 0.05) is 32.4 Å². The Morgan fingerprint density at radius 1 is 1.40 bits per heavy atom. The van der Waals surface area contributed by atoms with E-state index in [0.29, 0.717) is 5.69 Å². The molecule has 1 amide bonds. The van der Waals surface area contributed by atoms with Crippen molar-refractivity contribution in [2.45, 2.75) is 6.92 Å². The first-order chi connectivity index (χ1) is 7.27. The molecule has 1 aliphatic heterocycles. The van der Waals surface area contributed by atoms with Crippen molar-refractivity contribution in [3.8, 4) is 0 Å². The monoisotopic (exact) mass is 206 g/mol. The molecule has 0 bridgehead atoms. The van der Waals surface area contributed by atoms with E-state index < -0.39 is 0 Å². The first-order valence-electron chi connectivity index (χ1n) is 5.06. The molecular weight excluding hydrogens is 192 g/mol. The predicted molar refractivity (Wildman–Crippen MR) is 55.5 cm³/mol. The van der Waals surface area contributed by atoms with E-state index in [0.717, 1.165) is 31.9 Å². The molecule has 1 N–H and O–H groups in total. The molecule has 0 aliphatic carbocycles. The largest absolute Gasteiger partial charge is 0.335 e. The minimum atomic E-state index is -0.0206. The molecule has 5 heteroatoms. The maximum absolute atomic E-state index is 11.9. The number of amides is 1. The van der Waals surface area contributed by atoms with Crippen LogP contribution in [0.1, 0.15) is 16.2 Å². The average molecular weight is 206 g/mol. The molecule has 0 saturated carbocycles. The number of hydrogen-bond donors (Lipinski definition) is 1. The van der Waals surface area contributed by atoms with E-state index in [-0.39, 0.29) is 5.91 Å². The summed E-state index contributed by atoms with van der Waals surface area (Å²) in [4.78, 5) is 21.9. The summed E-state index contributed by atoms with van der Waals surface area (Å²) in [6.07, 6.45) is 3.17. The fourth-order valence-corrected chi connectivity index (χ4v) is 1.60. The lowest BCUT2D eigenvalue weighted by Gasteiger charge is -2.26. The highest BCUT2D eigenvalue weighted by Crippen LogP contribution is 2.02. The SMILES string of the molecule is Cc1cncc(C(=O)N2CCNCC2)n1. The summed E-state index contributed by atoms with van der Waals surface area (Å²) in [7, 11) is 0. The van der Waals surface area contributed by atoms with E-state index in [2.05, 4.69) is 15.3 Å². The van der Waals surface area contributed by atoms with Crippen LogP contribution in [0.3, 0.4) is 0 Å². The number of aromatic nitrogens is 2. The van der Waals surface area contributed by atoms with E-state index in [1.54, 1.807) is 11.1 Å². The second-order valence-electron chi connectivity index (χ2n) is 3.59. The van der Waals surface area contributed by atoms with Crippen molar-refractivity contribution >= 4 is 5.91 Å². The van der Waals surface area contributed by atoms with Crippen LogP contribution in [0.2, 0.25) is 0 Å². The molecule has 0 spiro atoms. The Balaban J connectivity index is 2.12. The highest BCUT2D eigenvalue weighted by atomic mass is 16.2. The lowest BCUT2D eigenvalue weighted by Crippen LogP contribution is -2.46. The number of carbonyl (C=O) groups is 1. The van der Waals surface area contributed by atoms with Gasteiger partial charge in [0.25, 0.3) is 5.91 Å². The van der Waals surface area contributed by atoms with Gasteiger partial charge in [0.15, 0.2) is 0 Å². The second-order valence-corrected chi connectivity index (χ2v) is 3.59. The van der Waals surface area contributed by atoms with Crippen LogP contribution in [-0.4, -0.2) is 47.0 Å². The minimum Gasteiger partial charge on any atom is -0.335 e. The van der Waals surface area contributed by atoms with Crippen molar-refractivity contribution in [1.82, 2.24) is 20.2 Å². The van der Waals surface area contributed by atoms with Gasteiger partial charge in [-0.2, -0.15) is 0 Å². The van der Waals surface area contributed by atoms with Gasteiger partial charge in [-0.15, -0.1) is 0 Å². The van der Waals surface area contributed by atoms with Crippen LogP contribution in [-0.2, 0) is 0 Å². The quantitative estimate of drug-likeness (QED) is 0.693. The van der Waals surface area contributed by atoms with Gasteiger partial charge >= 0.3 is 0 Å². The summed E-state index contributed by atoms with van der Waals surface area (Å²) in [6.45, 7) is 5.03. The summed E-state index contributed by atoms with van der Waals surface area (Å²) < 4.78 is 0. The first-order valence-corrected chi connectivity index (χ1v) is 5.06. The third kappa shape index (κ3) is 2.30. The van der Waals surface area contributed by atoms with Gasteiger partial charge in [0.2, 0.25) is 0 Å².